The van der Waals surface area contributed by atoms with Gasteiger partial charge in [0.15, 0.2) is 0 Å². The molecule has 6 nitrogen and oxygen atoms in total. The van der Waals surface area contributed by atoms with E-state index in [-0.39, 0.29) is 6.04 Å². The van der Waals surface area contributed by atoms with Gasteiger partial charge in [-0.1, -0.05) is 0 Å². The van der Waals surface area contributed by atoms with E-state index < -0.39 is 16.1 Å². The lowest BCUT2D eigenvalue weighted by molar-refractivity contribution is 0.100. The number of primary amides is 1. The van der Waals surface area contributed by atoms with Crippen molar-refractivity contribution in [3.8, 4) is 0 Å². The molecule has 0 heterocycles. The fraction of sp³-hybridized carbons (Fsp3) is 0.300. The van der Waals surface area contributed by atoms with Crippen LogP contribution in [0.25, 0.3) is 0 Å². The van der Waals surface area contributed by atoms with E-state index in [4.69, 9.17) is 5.73 Å². The third-order valence-corrected chi connectivity index (χ3v) is 3.10. The molecule has 0 bridgehead atoms. The Labute approximate surface area is 100 Å². The summed E-state index contributed by atoms with van der Waals surface area (Å²) >= 11 is 0. The van der Waals surface area contributed by atoms with Crippen LogP contribution in [0.1, 0.15) is 24.2 Å². The van der Waals surface area contributed by atoms with Crippen LogP contribution in [-0.2, 0) is 10.2 Å². The van der Waals surface area contributed by atoms with Gasteiger partial charge in [0.25, 0.3) is 10.2 Å². The summed E-state index contributed by atoms with van der Waals surface area (Å²) in [5.74, 6) is -0.556. The van der Waals surface area contributed by atoms with E-state index in [0.29, 0.717) is 11.3 Å². The van der Waals surface area contributed by atoms with Gasteiger partial charge in [-0.2, -0.15) is 13.1 Å². The van der Waals surface area contributed by atoms with Gasteiger partial charge in [0, 0.05) is 17.3 Å². The molecule has 0 spiro atoms. The van der Waals surface area contributed by atoms with Gasteiger partial charge in [-0.15, -0.1) is 0 Å². The summed E-state index contributed by atoms with van der Waals surface area (Å²) in [6.07, 6.45) is 0. The van der Waals surface area contributed by atoms with Crippen LogP contribution in [0.5, 0.6) is 0 Å². The molecule has 0 saturated carbocycles. The molecule has 94 valence electrons. The van der Waals surface area contributed by atoms with Crippen molar-refractivity contribution in [2.45, 2.75) is 19.9 Å². The maximum absolute atomic E-state index is 11.5. The lowest BCUT2D eigenvalue weighted by Crippen LogP contribution is -2.35. The van der Waals surface area contributed by atoms with E-state index in [1.165, 1.54) is 24.3 Å². The minimum atomic E-state index is -3.58. The van der Waals surface area contributed by atoms with Gasteiger partial charge in [0.2, 0.25) is 5.91 Å². The topological polar surface area (TPSA) is 101 Å². The molecule has 17 heavy (non-hydrogen) atoms. The summed E-state index contributed by atoms with van der Waals surface area (Å²) in [5.41, 5.74) is 5.75. The molecule has 0 aliphatic carbocycles. The molecule has 1 amide bonds. The van der Waals surface area contributed by atoms with Crippen molar-refractivity contribution >= 4 is 21.8 Å². The standard InChI is InChI=1S/C10H15N3O3S/c1-7(2)12-17(15,16)13-9-5-3-8(4-6-9)10(11)14/h3-7,12-13H,1-2H3,(H2,11,14). The summed E-state index contributed by atoms with van der Waals surface area (Å²) < 4.78 is 27.7. The number of rotatable bonds is 5. The Balaban J connectivity index is 2.79. The highest BCUT2D eigenvalue weighted by molar-refractivity contribution is 7.90. The summed E-state index contributed by atoms with van der Waals surface area (Å²) in [6, 6.07) is 5.65. The quantitative estimate of drug-likeness (QED) is 0.713. The van der Waals surface area contributed by atoms with Crippen LogP contribution in [-0.4, -0.2) is 20.4 Å². The Morgan fingerprint density at radius 1 is 1.24 bits per heavy atom. The third-order valence-electron chi connectivity index (χ3n) is 1.81. The van der Waals surface area contributed by atoms with Crippen LogP contribution in [0.4, 0.5) is 5.69 Å². The van der Waals surface area contributed by atoms with Gasteiger partial charge >= 0.3 is 0 Å². The number of nitrogens with one attached hydrogen (secondary N) is 2. The third kappa shape index (κ3) is 4.41. The maximum atomic E-state index is 11.5. The molecule has 4 N–H and O–H groups in total. The molecule has 0 fully saturated rings. The normalized spacial score (nSPS) is 11.5. The SMILES string of the molecule is CC(C)NS(=O)(=O)Nc1ccc(C(N)=O)cc1. The number of benzene rings is 1. The van der Waals surface area contributed by atoms with Crippen molar-refractivity contribution < 1.29 is 13.2 Å². The number of carbonyl (C=O) groups is 1. The predicted octanol–water partition coefficient (Wildman–Crippen LogP) is 0.440. The Morgan fingerprint density at radius 3 is 2.18 bits per heavy atom. The Kier molecular flexibility index (Phi) is 4.08. The van der Waals surface area contributed by atoms with Crippen molar-refractivity contribution in [1.29, 1.82) is 0 Å². The van der Waals surface area contributed by atoms with Crippen LogP contribution in [0.2, 0.25) is 0 Å². The highest BCUT2D eigenvalue weighted by atomic mass is 32.2. The lowest BCUT2D eigenvalue weighted by Gasteiger charge is -2.11. The Hall–Kier alpha value is -1.60. The second kappa shape index (κ2) is 5.15. The summed E-state index contributed by atoms with van der Waals surface area (Å²) in [5, 5.41) is 0. The number of hydrogen-bond acceptors (Lipinski definition) is 3. The van der Waals surface area contributed by atoms with Crippen LogP contribution in [0.3, 0.4) is 0 Å². The highest BCUT2D eigenvalue weighted by Gasteiger charge is 2.11. The summed E-state index contributed by atoms with van der Waals surface area (Å²) in [6.45, 7) is 3.44. The minimum absolute atomic E-state index is 0.197. The second-order valence-electron chi connectivity index (χ2n) is 3.82. The Morgan fingerprint density at radius 2 is 1.76 bits per heavy atom. The molecule has 0 radical (unpaired) electrons. The van der Waals surface area contributed by atoms with Crippen molar-refractivity contribution in [3.63, 3.8) is 0 Å². The Bertz CT molecular complexity index is 494. The van der Waals surface area contributed by atoms with Gasteiger partial charge in [-0.05, 0) is 38.1 Å². The van der Waals surface area contributed by atoms with Gasteiger partial charge < -0.3 is 5.73 Å². The number of hydrogen-bond donors (Lipinski definition) is 3. The fourth-order valence-corrected chi connectivity index (χ4v) is 2.32. The molecule has 1 rings (SSSR count). The van der Waals surface area contributed by atoms with Crippen LogP contribution >= 0.6 is 0 Å². The molecule has 0 aromatic heterocycles. The van der Waals surface area contributed by atoms with Crippen molar-refractivity contribution in [1.82, 2.24) is 4.72 Å². The molecule has 0 aliphatic heterocycles. The van der Waals surface area contributed by atoms with Gasteiger partial charge in [0.05, 0.1) is 0 Å². The van der Waals surface area contributed by atoms with E-state index in [0.717, 1.165) is 0 Å². The first-order chi connectivity index (χ1) is 7.80. The van der Waals surface area contributed by atoms with Crippen molar-refractivity contribution in [2.24, 2.45) is 5.73 Å². The molecular formula is C10H15N3O3S. The molecule has 0 saturated heterocycles. The average molecular weight is 257 g/mol. The maximum Gasteiger partial charge on any atom is 0.299 e. The zero-order chi connectivity index (χ0) is 13.1. The van der Waals surface area contributed by atoms with E-state index in [1.54, 1.807) is 13.8 Å². The second-order valence-corrected chi connectivity index (χ2v) is 5.27. The van der Waals surface area contributed by atoms with Crippen LogP contribution in [0, 0.1) is 0 Å². The first-order valence-corrected chi connectivity index (χ1v) is 6.48. The van der Waals surface area contributed by atoms with E-state index >= 15 is 0 Å². The number of nitrogens with two attached hydrogens (primary N) is 1. The molecule has 0 unspecified atom stereocenters. The zero-order valence-electron chi connectivity index (χ0n) is 9.60. The first-order valence-electron chi connectivity index (χ1n) is 5.00. The molecule has 0 atom stereocenters. The number of amides is 1. The lowest BCUT2D eigenvalue weighted by atomic mass is 10.2. The molecule has 0 aliphatic rings. The van der Waals surface area contributed by atoms with Crippen LogP contribution in [0.15, 0.2) is 24.3 Å². The predicted molar refractivity (Wildman–Crippen MR) is 65.8 cm³/mol. The van der Waals surface area contributed by atoms with Gasteiger partial charge in [0.1, 0.15) is 0 Å². The largest absolute Gasteiger partial charge is 0.366 e. The molecule has 1 aromatic carbocycles. The monoisotopic (exact) mass is 257 g/mol. The first kappa shape index (κ1) is 13.5. The fourth-order valence-electron chi connectivity index (χ4n) is 1.20. The molecule has 1 aromatic rings. The average Bonchev–Trinajstić information content (AvgIpc) is 2.15. The molecule has 7 heteroatoms. The summed E-state index contributed by atoms with van der Waals surface area (Å²) in [4.78, 5) is 10.8. The smallest absolute Gasteiger partial charge is 0.299 e. The number of carbonyl (C=O) groups excluding carboxylic acids is 1. The zero-order valence-corrected chi connectivity index (χ0v) is 10.4. The van der Waals surface area contributed by atoms with Gasteiger partial charge in [-0.3, -0.25) is 9.52 Å². The van der Waals surface area contributed by atoms with E-state index in [2.05, 4.69) is 9.44 Å². The highest BCUT2D eigenvalue weighted by Crippen LogP contribution is 2.10. The summed E-state index contributed by atoms with van der Waals surface area (Å²) in [7, 11) is -3.58. The minimum Gasteiger partial charge on any atom is -0.366 e. The van der Waals surface area contributed by atoms with E-state index in [9.17, 15) is 13.2 Å². The van der Waals surface area contributed by atoms with E-state index in [1.807, 2.05) is 0 Å². The van der Waals surface area contributed by atoms with Gasteiger partial charge in [-0.25, -0.2) is 0 Å². The number of anilines is 1. The van der Waals surface area contributed by atoms with Crippen molar-refractivity contribution in [2.75, 3.05) is 4.72 Å². The van der Waals surface area contributed by atoms with Crippen molar-refractivity contribution in [3.05, 3.63) is 29.8 Å². The van der Waals surface area contributed by atoms with Crippen LogP contribution < -0.4 is 15.2 Å². The molecular weight excluding hydrogens is 242 g/mol.